The Labute approximate surface area is 88.9 Å². The van der Waals surface area contributed by atoms with E-state index in [2.05, 4.69) is 35.5 Å². The van der Waals surface area contributed by atoms with Gasteiger partial charge >= 0.3 is 0 Å². The molecule has 0 fully saturated rings. The minimum Gasteiger partial charge on any atom is -0.411 e. The second kappa shape index (κ2) is 4.13. The molecule has 0 saturated carbocycles. The van der Waals surface area contributed by atoms with Gasteiger partial charge in [0.15, 0.2) is 0 Å². The lowest BCUT2D eigenvalue weighted by Crippen LogP contribution is -1.96. The number of nitrogens with zero attached hydrogens (tertiary/aromatic N) is 1. The molecular weight excluding hydrogens is 186 g/mol. The maximum atomic E-state index is 8.60. The summed E-state index contributed by atoms with van der Waals surface area (Å²) in [6.45, 7) is 1.81. The molecule has 15 heavy (non-hydrogen) atoms. The largest absolute Gasteiger partial charge is 0.411 e. The summed E-state index contributed by atoms with van der Waals surface area (Å²) in [6.07, 6.45) is 0.696. The van der Waals surface area contributed by atoms with E-state index in [9.17, 15) is 0 Å². The summed E-state index contributed by atoms with van der Waals surface area (Å²) < 4.78 is 0. The van der Waals surface area contributed by atoms with E-state index in [4.69, 9.17) is 5.21 Å². The summed E-state index contributed by atoms with van der Waals surface area (Å²) in [5.74, 6) is 0. The second-order valence-electron chi connectivity index (χ2n) is 3.69. The van der Waals surface area contributed by atoms with Crippen molar-refractivity contribution in [3.63, 3.8) is 0 Å². The zero-order chi connectivity index (χ0) is 10.7. The first-order chi connectivity index (χ1) is 7.29. The third kappa shape index (κ3) is 2.15. The molecule has 0 aliphatic carbocycles. The summed E-state index contributed by atoms with van der Waals surface area (Å²) in [5.41, 5.74) is 1.90. The number of hydrogen-bond acceptors (Lipinski definition) is 2. The zero-order valence-electron chi connectivity index (χ0n) is 8.64. The van der Waals surface area contributed by atoms with Crippen molar-refractivity contribution in [1.82, 2.24) is 0 Å². The summed E-state index contributed by atoms with van der Waals surface area (Å²) in [4.78, 5) is 0. The van der Waals surface area contributed by atoms with Gasteiger partial charge in [-0.3, -0.25) is 0 Å². The number of hydrogen-bond donors (Lipinski definition) is 1. The maximum absolute atomic E-state index is 8.60. The Morgan fingerprint density at radius 1 is 1.13 bits per heavy atom. The number of benzene rings is 2. The molecule has 76 valence electrons. The van der Waals surface area contributed by atoms with Gasteiger partial charge in [-0.05, 0) is 23.3 Å². The van der Waals surface area contributed by atoms with E-state index in [1.807, 2.05) is 19.1 Å². The molecule has 0 saturated heterocycles. The predicted octanol–water partition coefficient (Wildman–Crippen LogP) is 3.23. The quantitative estimate of drug-likeness (QED) is 0.449. The Hall–Kier alpha value is -1.83. The van der Waals surface area contributed by atoms with E-state index >= 15 is 0 Å². The van der Waals surface area contributed by atoms with Crippen LogP contribution in [0.25, 0.3) is 10.8 Å². The normalized spacial score (nSPS) is 11.9. The average molecular weight is 199 g/mol. The van der Waals surface area contributed by atoms with Gasteiger partial charge in [0.25, 0.3) is 0 Å². The first-order valence-corrected chi connectivity index (χ1v) is 4.95. The Balaban J connectivity index is 2.39. The highest BCUT2D eigenvalue weighted by Gasteiger charge is 1.98. The third-order valence-electron chi connectivity index (χ3n) is 2.44. The molecule has 0 aliphatic heterocycles. The summed E-state index contributed by atoms with van der Waals surface area (Å²) in [6, 6.07) is 14.5. The number of fused-ring (bicyclic) bond motifs is 1. The molecule has 0 amide bonds. The van der Waals surface area contributed by atoms with Gasteiger partial charge in [-0.2, -0.15) is 0 Å². The van der Waals surface area contributed by atoms with Gasteiger partial charge in [-0.1, -0.05) is 47.6 Å². The van der Waals surface area contributed by atoms with Crippen LogP contribution in [0.3, 0.4) is 0 Å². The van der Waals surface area contributed by atoms with Crippen LogP contribution in [-0.4, -0.2) is 10.9 Å². The fraction of sp³-hybridized carbons (Fsp3) is 0.154. The highest BCUT2D eigenvalue weighted by Crippen LogP contribution is 2.16. The molecule has 2 heteroatoms. The molecule has 0 heterocycles. The Morgan fingerprint density at radius 2 is 1.87 bits per heavy atom. The minimum atomic E-state index is 0.696. The van der Waals surface area contributed by atoms with Gasteiger partial charge in [0.1, 0.15) is 0 Å². The van der Waals surface area contributed by atoms with E-state index in [1.54, 1.807) is 0 Å². The number of rotatable bonds is 2. The van der Waals surface area contributed by atoms with Crippen molar-refractivity contribution in [3.05, 3.63) is 48.0 Å². The topological polar surface area (TPSA) is 32.6 Å². The molecule has 0 radical (unpaired) electrons. The lowest BCUT2D eigenvalue weighted by Gasteiger charge is -2.02. The molecule has 2 nitrogen and oxygen atoms in total. The van der Waals surface area contributed by atoms with E-state index in [-0.39, 0.29) is 0 Å². The molecule has 2 aromatic rings. The van der Waals surface area contributed by atoms with E-state index in [1.165, 1.54) is 16.3 Å². The Morgan fingerprint density at radius 3 is 2.60 bits per heavy atom. The molecule has 0 aromatic heterocycles. The molecule has 2 rings (SSSR count). The fourth-order valence-electron chi connectivity index (χ4n) is 1.68. The third-order valence-corrected chi connectivity index (χ3v) is 2.44. The van der Waals surface area contributed by atoms with Gasteiger partial charge < -0.3 is 5.21 Å². The van der Waals surface area contributed by atoms with Gasteiger partial charge in [-0.25, -0.2) is 0 Å². The van der Waals surface area contributed by atoms with Crippen LogP contribution in [0.15, 0.2) is 47.6 Å². The van der Waals surface area contributed by atoms with E-state index in [0.29, 0.717) is 6.42 Å². The highest BCUT2D eigenvalue weighted by atomic mass is 16.4. The minimum absolute atomic E-state index is 0.696. The molecule has 0 unspecified atom stereocenters. The van der Waals surface area contributed by atoms with Crippen LogP contribution in [-0.2, 0) is 6.42 Å². The van der Waals surface area contributed by atoms with Crippen LogP contribution >= 0.6 is 0 Å². The van der Waals surface area contributed by atoms with Crippen molar-refractivity contribution in [3.8, 4) is 0 Å². The zero-order valence-corrected chi connectivity index (χ0v) is 8.64. The number of oxime groups is 1. The summed E-state index contributed by atoms with van der Waals surface area (Å²) >= 11 is 0. The Kier molecular flexibility index (Phi) is 2.68. The van der Waals surface area contributed by atoms with Crippen molar-refractivity contribution >= 4 is 16.5 Å². The van der Waals surface area contributed by atoms with Gasteiger partial charge in [0.05, 0.1) is 5.71 Å². The first-order valence-electron chi connectivity index (χ1n) is 4.95. The van der Waals surface area contributed by atoms with Crippen LogP contribution in [0.4, 0.5) is 0 Å². The van der Waals surface area contributed by atoms with Crippen molar-refractivity contribution in [2.45, 2.75) is 13.3 Å². The van der Waals surface area contributed by atoms with Crippen molar-refractivity contribution in [2.75, 3.05) is 0 Å². The molecule has 0 bridgehead atoms. The van der Waals surface area contributed by atoms with Gasteiger partial charge in [0.2, 0.25) is 0 Å². The SMILES string of the molecule is C/C(Cc1ccc2ccccc2c1)=N/O. The Bertz CT molecular complexity index is 503. The molecular formula is C13H13NO. The predicted molar refractivity (Wildman–Crippen MR) is 62.5 cm³/mol. The standard InChI is InChI=1S/C13H13NO/c1-10(14-15)8-11-6-7-12-4-2-3-5-13(12)9-11/h2-7,9,15H,8H2,1H3/b14-10-. The molecule has 0 aliphatic rings. The van der Waals surface area contributed by atoms with Crippen LogP contribution in [0.1, 0.15) is 12.5 Å². The molecule has 0 spiro atoms. The van der Waals surface area contributed by atoms with Crippen molar-refractivity contribution < 1.29 is 5.21 Å². The monoisotopic (exact) mass is 199 g/mol. The van der Waals surface area contributed by atoms with Crippen molar-refractivity contribution in [2.24, 2.45) is 5.16 Å². The molecule has 0 atom stereocenters. The second-order valence-corrected chi connectivity index (χ2v) is 3.69. The van der Waals surface area contributed by atoms with Crippen LogP contribution in [0, 0.1) is 0 Å². The maximum Gasteiger partial charge on any atom is 0.0583 e. The van der Waals surface area contributed by atoms with Crippen LogP contribution in [0.5, 0.6) is 0 Å². The van der Waals surface area contributed by atoms with Crippen molar-refractivity contribution in [1.29, 1.82) is 0 Å². The van der Waals surface area contributed by atoms with Crippen LogP contribution < -0.4 is 0 Å². The molecule has 2 aromatic carbocycles. The van der Waals surface area contributed by atoms with Gasteiger partial charge in [-0.15, -0.1) is 0 Å². The summed E-state index contributed by atoms with van der Waals surface area (Å²) in [5, 5.41) is 14.2. The first kappa shape index (κ1) is 9.71. The average Bonchev–Trinajstić information content (AvgIpc) is 2.29. The fourth-order valence-corrected chi connectivity index (χ4v) is 1.68. The van der Waals surface area contributed by atoms with E-state index in [0.717, 1.165) is 5.71 Å². The highest BCUT2D eigenvalue weighted by molar-refractivity contribution is 5.87. The van der Waals surface area contributed by atoms with Crippen LogP contribution in [0.2, 0.25) is 0 Å². The lowest BCUT2D eigenvalue weighted by molar-refractivity contribution is 0.317. The smallest absolute Gasteiger partial charge is 0.0583 e. The molecule has 1 N–H and O–H groups in total. The van der Waals surface area contributed by atoms with Gasteiger partial charge in [0, 0.05) is 6.42 Å². The van der Waals surface area contributed by atoms with E-state index < -0.39 is 0 Å². The summed E-state index contributed by atoms with van der Waals surface area (Å²) in [7, 11) is 0. The lowest BCUT2D eigenvalue weighted by atomic mass is 10.0.